The molecule has 5 nitrogen and oxygen atoms in total. The van der Waals surface area contributed by atoms with Gasteiger partial charge < -0.3 is 5.32 Å². The van der Waals surface area contributed by atoms with Crippen molar-refractivity contribution < 1.29 is 4.79 Å². The fraction of sp³-hybridized carbons (Fsp3) is 0.235. The van der Waals surface area contributed by atoms with E-state index in [1.165, 1.54) is 22.2 Å². The number of aromatic nitrogens is 2. The number of anilines is 1. The van der Waals surface area contributed by atoms with E-state index in [0.29, 0.717) is 20.9 Å². The number of nitrogens with zero attached hydrogens (tertiary/aromatic N) is 2. The Morgan fingerprint density at radius 2 is 2.08 bits per heavy atom. The molecule has 2 aromatic heterocycles. The number of fused-ring (bicyclic) bond motifs is 1. The molecule has 0 aliphatic heterocycles. The second-order valence-electron chi connectivity index (χ2n) is 5.66. The molecule has 0 fully saturated rings. The minimum atomic E-state index is -0.687. The summed E-state index contributed by atoms with van der Waals surface area (Å²) in [4.78, 5) is 31.1. The molecule has 0 saturated heterocycles. The molecule has 24 heavy (non-hydrogen) atoms. The van der Waals surface area contributed by atoms with Gasteiger partial charge in [-0.25, -0.2) is 4.98 Å². The molecule has 1 aromatic carbocycles. The highest BCUT2D eigenvalue weighted by molar-refractivity contribution is 7.18. The number of hydrogen-bond donors (Lipinski definition) is 1. The minimum Gasteiger partial charge on any atom is -0.324 e. The van der Waals surface area contributed by atoms with Crippen LogP contribution in [0, 0.1) is 13.8 Å². The molecule has 1 unspecified atom stereocenters. The van der Waals surface area contributed by atoms with Gasteiger partial charge in [-0.3, -0.25) is 14.2 Å². The number of amides is 1. The molecule has 3 aromatic rings. The molecule has 0 bridgehead atoms. The number of halogens is 1. The molecule has 0 aliphatic carbocycles. The van der Waals surface area contributed by atoms with E-state index >= 15 is 0 Å². The zero-order chi connectivity index (χ0) is 17.4. The molecule has 3 rings (SSSR count). The van der Waals surface area contributed by atoms with Gasteiger partial charge in [-0.2, -0.15) is 0 Å². The maximum Gasteiger partial charge on any atom is 0.262 e. The van der Waals surface area contributed by atoms with Crippen molar-refractivity contribution in [1.82, 2.24) is 9.55 Å². The lowest BCUT2D eigenvalue weighted by molar-refractivity contribution is -0.118. The third-order valence-electron chi connectivity index (χ3n) is 3.85. The van der Waals surface area contributed by atoms with Crippen molar-refractivity contribution >= 4 is 44.7 Å². The monoisotopic (exact) mass is 361 g/mol. The van der Waals surface area contributed by atoms with Crippen LogP contribution < -0.4 is 10.9 Å². The van der Waals surface area contributed by atoms with Crippen LogP contribution in [0.3, 0.4) is 0 Å². The van der Waals surface area contributed by atoms with E-state index in [1.54, 1.807) is 25.1 Å². The van der Waals surface area contributed by atoms with Crippen LogP contribution in [0.15, 0.2) is 35.4 Å². The number of carbonyl (C=O) groups is 1. The van der Waals surface area contributed by atoms with Crippen LogP contribution in [0.4, 0.5) is 5.69 Å². The zero-order valence-electron chi connectivity index (χ0n) is 13.5. The highest BCUT2D eigenvalue weighted by Gasteiger charge is 2.19. The maximum absolute atomic E-state index is 12.6. The number of hydrogen-bond acceptors (Lipinski definition) is 4. The van der Waals surface area contributed by atoms with Crippen molar-refractivity contribution in [3.8, 4) is 0 Å². The summed E-state index contributed by atoms with van der Waals surface area (Å²) in [5.74, 6) is -0.296. The molecule has 1 atom stereocenters. The Labute approximate surface area is 147 Å². The second-order valence-corrected chi connectivity index (χ2v) is 7.33. The fourth-order valence-electron chi connectivity index (χ4n) is 2.43. The van der Waals surface area contributed by atoms with Crippen LogP contribution >= 0.6 is 22.9 Å². The summed E-state index contributed by atoms with van der Waals surface area (Å²) in [5, 5.41) is 3.90. The van der Waals surface area contributed by atoms with Gasteiger partial charge in [0.2, 0.25) is 5.91 Å². The molecule has 7 heteroatoms. The van der Waals surface area contributed by atoms with Crippen LogP contribution in [-0.2, 0) is 4.79 Å². The Balaban J connectivity index is 1.92. The average Bonchev–Trinajstić information content (AvgIpc) is 2.92. The Bertz CT molecular complexity index is 993. The summed E-state index contributed by atoms with van der Waals surface area (Å²) in [5.41, 5.74) is 1.32. The molecule has 0 aliphatic rings. The summed E-state index contributed by atoms with van der Waals surface area (Å²) >= 11 is 7.44. The maximum atomic E-state index is 12.6. The normalized spacial score (nSPS) is 12.3. The van der Waals surface area contributed by atoms with Gasteiger partial charge in [-0.05, 0) is 44.5 Å². The standard InChI is InChI=1S/C17H16ClN3O2S/c1-9-4-5-12(18)7-14(9)20-15(22)11(3)21-8-19-16-13(17(21)23)6-10(2)24-16/h4-8,11H,1-3H3,(H,20,22). The lowest BCUT2D eigenvalue weighted by atomic mass is 10.2. The van der Waals surface area contributed by atoms with Crippen molar-refractivity contribution in [2.24, 2.45) is 0 Å². The Kier molecular flexibility index (Phi) is 4.43. The Hall–Kier alpha value is -2.18. The van der Waals surface area contributed by atoms with Gasteiger partial charge in [-0.15, -0.1) is 11.3 Å². The number of carbonyl (C=O) groups excluding carboxylic acids is 1. The Morgan fingerprint density at radius 1 is 1.33 bits per heavy atom. The quantitative estimate of drug-likeness (QED) is 0.768. The lowest BCUT2D eigenvalue weighted by Crippen LogP contribution is -2.31. The zero-order valence-corrected chi connectivity index (χ0v) is 15.0. The van der Waals surface area contributed by atoms with Crippen molar-refractivity contribution in [3.63, 3.8) is 0 Å². The number of thiophene rings is 1. The van der Waals surface area contributed by atoms with Crippen LogP contribution in [0.25, 0.3) is 10.2 Å². The molecule has 1 N–H and O–H groups in total. The third kappa shape index (κ3) is 3.07. The minimum absolute atomic E-state index is 0.213. The van der Waals surface area contributed by atoms with E-state index in [1.807, 2.05) is 19.9 Å². The first-order valence-electron chi connectivity index (χ1n) is 7.41. The van der Waals surface area contributed by atoms with E-state index in [4.69, 9.17) is 11.6 Å². The van der Waals surface area contributed by atoms with E-state index in [-0.39, 0.29) is 11.5 Å². The van der Waals surface area contributed by atoms with Gasteiger partial charge in [0.25, 0.3) is 5.56 Å². The van der Waals surface area contributed by atoms with E-state index in [9.17, 15) is 9.59 Å². The van der Waals surface area contributed by atoms with Crippen molar-refractivity contribution in [2.75, 3.05) is 5.32 Å². The van der Waals surface area contributed by atoms with Crippen molar-refractivity contribution in [1.29, 1.82) is 0 Å². The summed E-state index contributed by atoms with van der Waals surface area (Å²) in [6.45, 7) is 5.47. The molecule has 0 spiro atoms. The van der Waals surface area contributed by atoms with Gasteiger partial charge in [0.05, 0.1) is 11.7 Å². The van der Waals surface area contributed by atoms with Gasteiger partial charge in [0.15, 0.2) is 0 Å². The van der Waals surface area contributed by atoms with Gasteiger partial charge in [0.1, 0.15) is 10.9 Å². The van der Waals surface area contributed by atoms with Crippen molar-refractivity contribution in [2.45, 2.75) is 26.8 Å². The van der Waals surface area contributed by atoms with Crippen molar-refractivity contribution in [3.05, 3.63) is 56.4 Å². The third-order valence-corrected chi connectivity index (χ3v) is 5.05. The topological polar surface area (TPSA) is 64.0 Å². The predicted octanol–water partition coefficient (Wildman–Crippen LogP) is 3.93. The smallest absolute Gasteiger partial charge is 0.262 e. The summed E-state index contributed by atoms with van der Waals surface area (Å²) in [6.07, 6.45) is 1.43. The Morgan fingerprint density at radius 3 is 2.83 bits per heavy atom. The lowest BCUT2D eigenvalue weighted by Gasteiger charge is -2.16. The second kappa shape index (κ2) is 6.37. The number of aryl methyl sites for hydroxylation is 2. The first-order valence-corrected chi connectivity index (χ1v) is 8.60. The van der Waals surface area contributed by atoms with Crippen LogP contribution in [0.2, 0.25) is 5.02 Å². The molecular weight excluding hydrogens is 346 g/mol. The molecule has 0 radical (unpaired) electrons. The van der Waals surface area contributed by atoms with Gasteiger partial charge >= 0.3 is 0 Å². The van der Waals surface area contributed by atoms with E-state index in [2.05, 4.69) is 10.3 Å². The molecular formula is C17H16ClN3O2S. The highest BCUT2D eigenvalue weighted by Crippen LogP contribution is 2.22. The van der Waals surface area contributed by atoms with E-state index in [0.717, 1.165) is 10.4 Å². The predicted molar refractivity (Wildman–Crippen MR) is 98.1 cm³/mol. The number of rotatable bonds is 3. The summed E-state index contributed by atoms with van der Waals surface area (Å²) < 4.78 is 1.35. The summed E-state index contributed by atoms with van der Waals surface area (Å²) in [6, 6.07) is 6.40. The average molecular weight is 362 g/mol. The largest absolute Gasteiger partial charge is 0.324 e. The number of nitrogens with one attached hydrogen (secondary N) is 1. The fourth-order valence-corrected chi connectivity index (χ4v) is 3.44. The molecule has 2 heterocycles. The van der Waals surface area contributed by atoms with Gasteiger partial charge in [0, 0.05) is 15.6 Å². The first kappa shape index (κ1) is 16.7. The number of benzene rings is 1. The highest BCUT2D eigenvalue weighted by atomic mass is 35.5. The van der Waals surface area contributed by atoms with Crippen LogP contribution in [0.5, 0.6) is 0 Å². The molecule has 124 valence electrons. The summed E-state index contributed by atoms with van der Waals surface area (Å²) in [7, 11) is 0. The van der Waals surface area contributed by atoms with E-state index < -0.39 is 6.04 Å². The molecule has 1 amide bonds. The SMILES string of the molecule is Cc1cc2c(=O)n(C(C)C(=O)Nc3cc(Cl)ccc3C)cnc2s1. The first-order chi connectivity index (χ1) is 11.4. The van der Waals surface area contributed by atoms with Gasteiger partial charge in [-0.1, -0.05) is 17.7 Å². The van der Waals surface area contributed by atoms with Crippen LogP contribution in [0.1, 0.15) is 23.4 Å². The van der Waals surface area contributed by atoms with Crippen LogP contribution in [-0.4, -0.2) is 15.5 Å². The molecule has 0 saturated carbocycles.